The third kappa shape index (κ3) is 145. The first kappa shape index (κ1) is 189. The second kappa shape index (κ2) is 166. The Kier molecular flexibility index (Phi) is 1970. The Bertz CT molecular complexity index is 15.8. The van der Waals surface area contributed by atoms with Gasteiger partial charge in [-0.05, 0) is 0 Å². The average molecular weight is 713 g/mol. The molecular weight excluding hydrogens is 691 g/mol. The quantitative estimate of drug-likeness (QED) is 0.219. The summed E-state index contributed by atoms with van der Waals surface area (Å²) < 4.78 is 0. The first-order chi connectivity index (χ1) is 0. The van der Waals surface area contributed by atoms with Crippen LogP contribution in [0, 0.1) is 0 Å². The molecule has 0 nitrogen and oxygen atoms in total. The van der Waals surface area contributed by atoms with Crippen LogP contribution in [0.15, 0.2) is 0 Å². The van der Waals surface area contributed by atoms with Crippen molar-refractivity contribution in [1.82, 2.24) is 0 Å². The molecule has 0 aromatic heterocycles. The van der Waals surface area contributed by atoms with E-state index in [-0.39, 0.29) is 275 Å². The first-order valence-corrected chi connectivity index (χ1v) is 0. The predicted octanol–water partition coefficient (Wildman–Crippen LogP) is -8.31. The van der Waals surface area contributed by atoms with Crippen LogP contribution in [0.3, 0.4) is 0 Å². The molecule has 0 radical (unpaired) electrons. The van der Waals surface area contributed by atoms with E-state index in [0.29, 0.717) is 0 Å². The van der Waals surface area contributed by atoms with Gasteiger partial charge in [0.1, 0.15) is 0 Å². The zero-order valence-corrected chi connectivity index (χ0v) is 13.1. The van der Waals surface area contributed by atoms with Gasteiger partial charge in [0, 0.05) is 154 Å². The van der Waals surface area contributed by atoms with Crippen molar-refractivity contribution in [3.63, 3.8) is 0 Å². The van der Waals surface area contributed by atoms with Crippen LogP contribution in [-0.4, -0.2) is 122 Å². The summed E-state index contributed by atoms with van der Waals surface area (Å²) in [6, 6.07) is 0. The van der Waals surface area contributed by atoms with Crippen LogP contribution in [0.2, 0.25) is 0 Å². The molecule has 0 amide bonds. The van der Waals surface area contributed by atoms with Crippen molar-refractivity contribution >= 4 is 122 Å². The summed E-state index contributed by atoms with van der Waals surface area (Å²) in [5.41, 5.74) is 0. The van der Waals surface area contributed by atoms with Crippen molar-refractivity contribution in [2.24, 2.45) is 0 Å². The minimum absolute atomic E-state index is 0. The van der Waals surface area contributed by atoms with Crippen LogP contribution in [0.1, 0.15) is 0 Å². The molecule has 0 saturated heterocycles. The predicted molar refractivity (Wildman–Crippen MR) is 69.6 cm³/mol. The fourth-order valence-corrected chi connectivity index (χ4v) is 0. The molecule has 0 aliphatic carbocycles. The fourth-order valence-electron chi connectivity index (χ4n) is 0. The molecule has 114 valence electrons. The molecule has 0 N–H and O–H groups in total. The largest absolute Gasteiger partial charge is 0.187 e. The van der Waals surface area contributed by atoms with Gasteiger partial charge >= 0.3 is 0 Å². The van der Waals surface area contributed by atoms with Gasteiger partial charge in [0.15, 0.2) is 122 Å². The molecule has 0 spiro atoms. The summed E-state index contributed by atoms with van der Waals surface area (Å²) >= 11 is 0. The van der Waals surface area contributed by atoms with Gasteiger partial charge in [-0.25, -0.2) is 0 Å². The zero-order chi connectivity index (χ0) is 0. The summed E-state index contributed by atoms with van der Waals surface area (Å²) in [7, 11) is 0. The van der Waals surface area contributed by atoms with E-state index in [0.717, 1.165) is 0 Å². The maximum Gasteiger partial charge on any atom is 0.187 e. The molecule has 0 unspecified atom stereocenters. The van der Waals surface area contributed by atoms with Crippen molar-refractivity contribution in [3.8, 4) is 0 Å². The molecule has 0 saturated carbocycles. The monoisotopic (exact) mass is 713 g/mol. The second-order valence-corrected chi connectivity index (χ2v) is 0. The standard InChI is InChI=1S/7Al.9Fe.21H. The van der Waals surface area contributed by atoms with E-state index in [9.17, 15) is 0 Å². The van der Waals surface area contributed by atoms with E-state index in [2.05, 4.69) is 0 Å². The van der Waals surface area contributed by atoms with Crippen LogP contribution in [0.5, 0.6) is 0 Å². The molecule has 16 heteroatoms. The van der Waals surface area contributed by atoms with Gasteiger partial charge in [0.2, 0.25) is 0 Å². The SMILES string of the molecule is [AlH3].[AlH3].[AlH3].[AlH3].[AlH3].[AlH3].[AlH3].[Fe].[Fe].[Fe].[Fe].[Fe].[Fe].[Fe].[Fe].[Fe]. The topological polar surface area (TPSA) is 0 Å². The van der Waals surface area contributed by atoms with Gasteiger partial charge in [-0.3, -0.25) is 0 Å². The maximum atomic E-state index is 0. The molecule has 0 aliphatic rings. The minimum Gasteiger partial charge on any atom is 0 e. The van der Waals surface area contributed by atoms with E-state index < -0.39 is 0 Å². The maximum absolute atomic E-state index is 0. The van der Waals surface area contributed by atoms with E-state index >= 15 is 0 Å². The van der Waals surface area contributed by atoms with Crippen LogP contribution in [0.4, 0.5) is 0 Å². The van der Waals surface area contributed by atoms with Crippen molar-refractivity contribution in [2.75, 3.05) is 0 Å². The fraction of sp³-hybridized carbons (Fsp3) is 0. The Balaban J connectivity index is 0. The number of rotatable bonds is 0. The number of hydrogen-bond donors (Lipinski definition) is 0. The first-order valence-electron chi connectivity index (χ1n) is 0. The van der Waals surface area contributed by atoms with Crippen molar-refractivity contribution in [2.45, 2.75) is 0 Å². The normalized spacial score (nSPS) is 0. The Morgan fingerprint density at radius 2 is 0.125 bits per heavy atom. The van der Waals surface area contributed by atoms with Crippen molar-refractivity contribution in [1.29, 1.82) is 0 Å². The molecule has 0 fully saturated rings. The third-order valence-corrected chi connectivity index (χ3v) is 0. The molecule has 0 bridgehead atoms. The second-order valence-electron chi connectivity index (χ2n) is 0. The van der Waals surface area contributed by atoms with E-state index in [1.165, 1.54) is 0 Å². The molecule has 0 atom stereocenters. The van der Waals surface area contributed by atoms with Gasteiger partial charge in [0.25, 0.3) is 0 Å². The molecule has 16 heavy (non-hydrogen) atoms. The summed E-state index contributed by atoms with van der Waals surface area (Å²) in [6.07, 6.45) is 0. The summed E-state index contributed by atoms with van der Waals surface area (Å²) in [4.78, 5) is 0. The van der Waals surface area contributed by atoms with Crippen LogP contribution in [-0.2, 0) is 154 Å². The van der Waals surface area contributed by atoms with E-state index in [1.54, 1.807) is 0 Å². The average Bonchev–Trinajstić information content (AvgIpc) is 0. The summed E-state index contributed by atoms with van der Waals surface area (Å²) in [5, 5.41) is 0. The molecule has 0 rings (SSSR count). The van der Waals surface area contributed by atoms with Gasteiger partial charge in [0.05, 0.1) is 0 Å². The zero-order valence-electron chi connectivity index (χ0n) is 3.18. The Morgan fingerprint density at radius 3 is 0.125 bits per heavy atom. The Hall–Kier alpha value is 8.40. The third-order valence-electron chi connectivity index (χ3n) is 0. The van der Waals surface area contributed by atoms with Crippen molar-refractivity contribution < 1.29 is 154 Å². The van der Waals surface area contributed by atoms with Crippen molar-refractivity contribution in [3.05, 3.63) is 0 Å². The van der Waals surface area contributed by atoms with Gasteiger partial charge < -0.3 is 0 Å². The van der Waals surface area contributed by atoms with E-state index in [1.807, 2.05) is 0 Å². The molecule has 0 aromatic rings. The summed E-state index contributed by atoms with van der Waals surface area (Å²) in [5.74, 6) is 0. The summed E-state index contributed by atoms with van der Waals surface area (Å²) in [6.45, 7) is 0. The minimum atomic E-state index is 0. The molecule has 0 heterocycles. The van der Waals surface area contributed by atoms with Crippen LogP contribution in [0.25, 0.3) is 0 Å². The van der Waals surface area contributed by atoms with Gasteiger partial charge in [-0.2, -0.15) is 0 Å². The number of hydrogen-bond acceptors (Lipinski definition) is 0. The van der Waals surface area contributed by atoms with Gasteiger partial charge in [-0.15, -0.1) is 0 Å². The van der Waals surface area contributed by atoms with Gasteiger partial charge in [-0.1, -0.05) is 0 Å². The van der Waals surface area contributed by atoms with Crippen LogP contribution >= 0.6 is 0 Å². The smallest absolute Gasteiger partial charge is 0 e. The molecule has 0 aromatic carbocycles. The van der Waals surface area contributed by atoms with Crippen LogP contribution < -0.4 is 0 Å². The molecule has 0 aliphatic heterocycles. The Labute approximate surface area is 269 Å². The van der Waals surface area contributed by atoms with E-state index in [4.69, 9.17) is 0 Å². The Morgan fingerprint density at radius 1 is 0.125 bits per heavy atom. The molecular formula is H21Al7Fe9.